The van der Waals surface area contributed by atoms with Crippen LogP contribution < -0.4 is 4.90 Å². The van der Waals surface area contributed by atoms with E-state index in [4.69, 9.17) is 9.15 Å². The van der Waals surface area contributed by atoms with Gasteiger partial charge in [0.25, 0.3) is 5.91 Å². The van der Waals surface area contributed by atoms with Gasteiger partial charge in [-0.3, -0.25) is 4.79 Å². The van der Waals surface area contributed by atoms with E-state index in [0.717, 1.165) is 23.8 Å². The molecule has 0 saturated carbocycles. The van der Waals surface area contributed by atoms with Crippen LogP contribution in [0.4, 0.5) is 5.82 Å². The number of nitrogens with zero attached hydrogens (tertiary/aromatic N) is 3. The molecule has 128 valence electrons. The van der Waals surface area contributed by atoms with Gasteiger partial charge in [0, 0.05) is 38.8 Å². The average molecular weight is 329 g/mol. The van der Waals surface area contributed by atoms with Gasteiger partial charge < -0.3 is 19.0 Å². The number of carbonyl (C=O) groups is 1. The minimum Gasteiger partial charge on any atom is -0.464 e. The molecule has 0 aromatic carbocycles. The molecule has 1 fully saturated rings. The maximum Gasteiger partial charge on any atom is 0.254 e. The van der Waals surface area contributed by atoms with Gasteiger partial charge in [-0.15, -0.1) is 0 Å². The predicted octanol–water partition coefficient (Wildman–Crippen LogP) is 2.52. The molecule has 0 bridgehead atoms. The number of furan rings is 1. The number of hydrogen-bond donors (Lipinski definition) is 0. The number of aromatic nitrogens is 1. The van der Waals surface area contributed by atoms with Crippen LogP contribution in [0.25, 0.3) is 0 Å². The second-order valence-electron chi connectivity index (χ2n) is 6.04. The van der Waals surface area contributed by atoms with Gasteiger partial charge >= 0.3 is 0 Å². The summed E-state index contributed by atoms with van der Waals surface area (Å²) in [5.74, 6) is 2.43. The van der Waals surface area contributed by atoms with Crippen molar-refractivity contribution in [1.29, 1.82) is 0 Å². The Labute approximate surface area is 142 Å². The standard InChI is InChI=1S/C18H23N3O3/c1-4-14-5-6-16(24-14)15-12-23-10-9-21(15)18(22)13-7-8-19-17(11-13)20(2)3/h5-8,11,15H,4,9-10,12H2,1-3H3/t15-/m1/s1. The molecular weight excluding hydrogens is 306 g/mol. The summed E-state index contributed by atoms with van der Waals surface area (Å²) in [6, 6.07) is 7.28. The fourth-order valence-corrected chi connectivity index (χ4v) is 2.81. The molecule has 2 aromatic heterocycles. The van der Waals surface area contributed by atoms with E-state index in [1.165, 1.54) is 0 Å². The molecule has 0 spiro atoms. The molecule has 3 heterocycles. The number of pyridine rings is 1. The third-order valence-electron chi connectivity index (χ3n) is 4.20. The number of morpholine rings is 1. The van der Waals surface area contributed by atoms with Crippen molar-refractivity contribution in [3.63, 3.8) is 0 Å². The van der Waals surface area contributed by atoms with Gasteiger partial charge in [-0.05, 0) is 24.3 Å². The van der Waals surface area contributed by atoms with E-state index in [9.17, 15) is 4.79 Å². The molecule has 1 atom stereocenters. The zero-order chi connectivity index (χ0) is 17.1. The fourth-order valence-electron chi connectivity index (χ4n) is 2.81. The fraction of sp³-hybridized carbons (Fsp3) is 0.444. The average Bonchev–Trinajstić information content (AvgIpc) is 3.10. The van der Waals surface area contributed by atoms with Crippen molar-refractivity contribution in [2.45, 2.75) is 19.4 Å². The number of amides is 1. The van der Waals surface area contributed by atoms with Crippen LogP contribution in [0.15, 0.2) is 34.9 Å². The number of carbonyl (C=O) groups excluding carboxylic acids is 1. The third-order valence-corrected chi connectivity index (χ3v) is 4.20. The number of rotatable bonds is 4. The molecule has 0 radical (unpaired) electrons. The van der Waals surface area contributed by atoms with Crippen molar-refractivity contribution in [2.75, 3.05) is 38.8 Å². The monoisotopic (exact) mass is 329 g/mol. The summed E-state index contributed by atoms with van der Waals surface area (Å²) in [7, 11) is 3.81. The van der Waals surface area contributed by atoms with E-state index in [2.05, 4.69) is 4.98 Å². The molecule has 3 rings (SSSR count). The van der Waals surface area contributed by atoms with Crippen LogP contribution in [0.1, 0.15) is 34.8 Å². The highest BCUT2D eigenvalue weighted by molar-refractivity contribution is 5.95. The van der Waals surface area contributed by atoms with E-state index in [0.29, 0.717) is 25.3 Å². The Morgan fingerprint density at radius 3 is 2.92 bits per heavy atom. The van der Waals surface area contributed by atoms with Crippen molar-refractivity contribution in [3.8, 4) is 0 Å². The minimum absolute atomic E-state index is 0.0248. The van der Waals surface area contributed by atoms with Gasteiger partial charge in [0.15, 0.2) is 0 Å². The van der Waals surface area contributed by atoms with Gasteiger partial charge in [0.05, 0.1) is 13.2 Å². The number of anilines is 1. The van der Waals surface area contributed by atoms with Crippen LogP contribution in [0, 0.1) is 0 Å². The van der Waals surface area contributed by atoms with Crippen LogP contribution in [0.2, 0.25) is 0 Å². The number of ether oxygens (including phenoxy) is 1. The van der Waals surface area contributed by atoms with Gasteiger partial charge in [-0.1, -0.05) is 6.92 Å². The van der Waals surface area contributed by atoms with E-state index in [-0.39, 0.29) is 11.9 Å². The zero-order valence-corrected chi connectivity index (χ0v) is 14.4. The molecule has 1 amide bonds. The summed E-state index contributed by atoms with van der Waals surface area (Å²) < 4.78 is 11.4. The quantitative estimate of drug-likeness (QED) is 0.862. The molecule has 2 aromatic rings. The largest absolute Gasteiger partial charge is 0.464 e. The van der Waals surface area contributed by atoms with Crippen LogP contribution in [-0.4, -0.2) is 49.6 Å². The van der Waals surface area contributed by atoms with E-state index in [1.54, 1.807) is 12.3 Å². The topological polar surface area (TPSA) is 58.8 Å². The van der Waals surface area contributed by atoms with Crippen molar-refractivity contribution >= 4 is 11.7 Å². The van der Waals surface area contributed by atoms with Gasteiger partial charge in [-0.2, -0.15) is 0 Å². The number of hydrogen-bond acceptors (Lipinski definition) is 5. The molecule has 1 saturated heterocycles. The lowest BCUT2D eigenvalue weighted by Gasteiger charge is -2.34. The smallest absolute Gasteiger partial charge is 0.254 e. The Hall–Kier alpha value is -2.34. The molecule has 6 heteroatoms. The Morgan fingerprint density at radius 1 is 1.38 bits per heavy atom. The van der Waals surface area contributed by atoms with Crippen LogP contribution in [-0.2, 0) is 11.2 Å². The maximum absolute atomic E-state index is 13.0. The molecule has 0 unspecified atom stereocenters. The van der Waals surface area contributed by atoms with E-state index in [1.807, 2.05) is 49.0 Å². The molecule has 0 N–H and O–H groups in total. The normalized spacial score (nSPS) is 17.8. The lowest BCUT2D eigenvalue weighted by atomic mass is 10.1. The lowest BCUT2D eigenvalue weighted by Crippen LogP contribution is -2.43. The summed E-state index contributed by atoms with van der Waals surface area (Å²) >= 11 is 0. The Kier molecular flexibility index (Phi) is 4.85. The van der Waals surface area contributed by atoms with Gasteiger partial charge in [0.1, 0.15) is 23.4 Å². The SMILES string of the molecule is CCc1ccc([C@H]2COCCN2C(=O)c2ccnc(N(C)C)c2)o1. The van der Waals surface area contributed by atoms with Gasteiger partial charge in [-0.25, -0.2) is 4.98 Å². The second-order valence-corrected chi connectivity index (χ2v) is 6.04. The Morgan fingerprint density at radius 2 is 2.21 bits per heavy atom. The summed E-state index contributed by atoms with van der Waals surface area (Å²) in [6.07, 6.45) is 2.50. The second kappa shape index (κ2) is 7.05. The van der Waals surface area contributed by atoms with Crippen LogP contribution in [0.5, 0.6) is 0 Å². The first-order valence-corrected chi connectivity index (χ1v) is 8.21. The highest BCUT2D eigenvalue weighted by atomic mass is 16.5. The highest BCUT2D eigenvalue weighted by Crippen LogP contribution is 2.28. The van der Waals surface area contributed by atoms with Crippen LogP contribution >= 0.6 is 0 Å². The highest BCUT2D eigenvalue weighted by Gasteiger charge is 2.31. The molecule has 24 heavy (non-hydrogen) atoms. The molecular formula is C18H23N3O3. The lowest BCUT2D eigenvalue weighted by molar-refractivity contribution is -0.00901. The van der Waals surface area contributed by atoms with Crippen molar-refractivity contribution < 1.29 is 13.9 Å². The minimum atomic E-state index is -0.192. The van der Waals surface area contributed by atoms with Crippen LogP contribution in [0.3, 0.4) is 0 Å². The first kappa shape index (κ1) is 16.5. The first-order chi connectivity index (χ1) is 11.6. The predicted molar refractivity (Wildman–Crippen MR) is 91.2 cm³/mol. The zero-order valence-electron chi connectivity index (χ0n) is 14.4. The third kappa shape index (κ3) is 3.28. The Bertz CT molecular complexity index is 711. The van der Waals surface area contributed by atoms with Crippen molar-refractivity contribution in [1.82, 2.24) is 9.88 Å². The molecule has 1 aliphatic heterocycles. The van der Waals surface area contributed by atoms with E-state index >= 15 is 0 Å². The first-order valence-electron chi connectivity index (χ1n) is 8.21. The summed E-state index contributed by atoms with van der Waals surface area (Å²) in [4.78, 5) is 21.0. The summed E-state index contributed by atoms with van der Waals surface area (Å²) in [5, 5.41) is 0. The van der Waals surface area contributed by atoms with E-state index < -0.39 is 0 Å². The molecule has 0 aliphatic carbocycles. The van der Waals surface area contributed by atoms with Crippen molar-refractivity contribution in [3.05, 3.63) is 47.5 Å². The Balaban J connectivity index is 1.87. The summed E-state index contributed by atoms with van der Waals surface area (Å²) in [6.45, 7) is 3.58. The van der Waals surface area contributed by atoms with Gasteiger partial charge in [0.2, 0.25) is 0 Å². The molecule has 1 aliphatic rings. The van der Waals surface area contributed by atoms with Crippen molar-refractivity contribution in [2.24, 2.45) is 0 Å². The maximum atomic E-state index is 13.0. The molecule has 6 nitrogen and oxygen atoms in total. The summed E-state index contributed by atoms with van der Waals surface area (Å²) in [5.41, 5.74) is 0.628. The number of aryl methyl sites for hydroxylation is 1.